The van der Waals surface area contributed by atoms with Crippen molar-refractivity contribution in [2.45, 2.75) is 26.7 Å². The van der Waals surface area contributed by atoms with E-state index in [1.807, 2.05) is 0 Å². The van der Waals surface area contributed by atoms with Gasteiger partial charge in [-0.05, 0) is 30.4 Å². The van der Waals surface area contributed by atoms with Crippen molar-refractivity contribution in [3.8, 4) is 0 Å². The van der Waals surface area contributed by atoms with Crippen molar-refractivity contribution in [3.05, 3.63) is 22.7 Å². The number of nitrogens with two attached hydrogens (primary N) is 1. The fourth-order valence-electron chi connectivity index (χ4n) is 2.82. The van der Waals surface area contributed by atoms with Crippen LogP contribution in [0.15, 0.2) is 12.1 Å². The van der Waals surface area contributed by atoms with Crippen molar-refractivity contribution >= 4 is 28.9 Å². The molecular formula is C15H21ClN2O2. The second-order valence-corrected chi connectivity index (χ2v) is 6.49. The smallest absolute Gasteiger partial charge is 0.340 e. The Morgan fingerprint density at radius 1 is 1.45 bits per heavy atom. The summed E-state index contributed by atoms with van der Waals surface area (Å²) in [7, 11) is 1.36. The molecular weight excluding hydrogens is 276 g/mol. The Morgan fingerprint density at radius 3 is 2.75 bits per heavy atom. The van der Waals surface area contributed by atoms with Crippen LogP contribution < -0.4 is 10.6 Å². The van der Waals surface area contributed by atoms with Gasteiger partial charge in [-0.3, -0.25) is 0 Å². The van der Waals surface area contributed by atoms with Crippen molar-refractivity contribution in [1.29, 1.82) is 0 Å². The van der Waals surface area contributed by atoms with E-state index >= 15 is 0 Å². The molecule has 1 saturated heterocycles. The van der Waals surface area contributed by atoms with Crippen LogP contribution in [-0.2, 0) is 4.74 Å². The number of halogens is 1. The number of nitrogens with zero attached hydrogens (tertiary/aromatic N) is 1. The molecule has 1 aromatic carbocycles. The first-order chi connectivity index (χ1) is 9.34. The van der Waals surface area contributed by atoms with E-state index in [4.69, 9.17) is 22.1 Å². The van der Waals surface area contributed by atoms with Crippen LogP contribution in [0.2, 0.25) is 5.02 Å². The number of rotatable bonds is 2. The number of anilines is 2. The van der Waals surface area contributed by atoms with E-state index < -0.39 is 5.97 Å². The Labute approximate surface area is 124 Å². The minimum atomic E-state index is -0.405. The molecule has 1 fully saturated rings. The van der Waals surface area contributed by atoms with E-state index in [0.29, 0.717) is 16.3 Å². The summed E-state index contributed by atoms with van der Waals surface area (Å²) < 4.78 is 4.85. The molecule has 0 radical (unpaired) electrons. The third kappa shape index (κ3) is 3.01. The zero-order chi connectivity index (χ0) is 14.9. The van der Waals surface area contributed by atoms with Gasteiger partial charge in [0.1, 0.15) is 0 Å². The normalized spacial score (nSPS) is 17.9. The monoisotopic (exact) mass is 296 g/mol. The summed E-state index contributed by atoms with van der Waals surface area (Å²) in [6, 6.07) is 3.32. The largest absolute Gasteiger partial charge is 0.465 e. The molecule has 1 aromatic rings. The highest BCUT2D eigenvalue weighted by Gasteiger charge is 2.30. The van der Waals surface area contributed by atoms with Gasteiger partial charge in [-0.2, -0.15) is 0 Å². The number of carbonyl (C=O) groups is 1. The molecule has 5 heteroatoms. The fraction of sp³-hybridized carbons (Fsp3) is 0.533. The number of benzene rings is 1. The second kappa shape index (κ2) is 5.52. The highest BCUT2D eigenvalue weighted by atomic mass is 35.5. The zero-order valence-corrected chi connectivity index (χ0v) is 13.0. The number of methoxy groups -OCH3 is 1. The van der Waals surface area contributed by atoms with E-state index in [2.05, 4.69) is 18.7 Å². The van der Waals surface area contributed by atoms with E-state index in [1.165, 1.54) is 13.5 Å². The van der Waals surface area contributed by atoms with E-state index in [-0.39, 0.29) is 5.41 Å². The highest BCUT2D eigenvalue weighted by Crippen LogP contribution is 2.38. The van der Waals surface area contributed by atoms with Gasteiger partial charge in [0.2, 0.25) is 0 Å². The maximum atomic E-state index is 12.0. The van der Waals surface area contributed by atoms with Crippen LogP contribution in [0.25, 0.3) is 0 Å². The number of hydrogen-bond donors (Lipinski definition) is 1. The first-order valence-electron chi connectivity index (χ1n) is 6.76. The van der Waals surface area contributed by atoms with Gasteiger partial charge in [0.15, 0.2) is 0 Å². The molecule has 2 N–H and O–H groups in total. The van der Waals surface area contributed by atoms with Crippen molar-refractivity contribution < 1.29 is 9.53 Å². The SMILES string of the molecule is COC(=O)c1cc(N)cc(Cl)c1N1CCCC(C)(C)C1. The van der Waals surface area contributed by atoms with Crippen LogP contribution >= 0.6 is 11.6 Å². The van der Waals surface area contributed by atoms with Gasteiger partial charge in [-0.15, -0.1) is 0 Å². The molecule has 0 bridgehead atoms. The average molecular weight is 297 g/mol. The van der Waals surface area contributed by atoms with E-state index in [9.17, 15) is 4.79 Å². The first kappa shape index (κ1) is 15.0. The van der Waals surface area contributed by atoms with Gasteiger partial charge in [0, 0.05) is 18.8 Å². The molecule has 0 aliphatic carbocycles. The van der Waals surface area contributed by atoms with E-state index in [0.717, 1.165) is 25.2 Å². The summed E-state index contributed by atoms with van der Waals surface area (Å²) in [4.78, 5) is 14.1. The van der Waals surface area contributed by atoms with Crippen molar-refractivity contribution in [1.82, 2.24) is 0 Å². The van der Waals surface area contributed by atoms with Crippen molar-refractivity contribution in [2.24, 2.45) is 5.41 Å². The number of ether oxygens (including phenoxy) is 1. The molecule has 20 heavy (non-hydrogen) atoms. The van der Waals surface area contributed by atoms with E-state index in [1.54, 1.807) is 12.1 Å². The van der Waals surface area contributed by atoms with Gasteiger partial charge >= 0.3 is 5.97 Å². The van der Waals surface area contributed by atoms with Crippen LogP contribution in [0.3, 0.4) is 0 Å². The molecule has 1 heterocycles. The third-order valence-electron chi connectivity index (χ3n) is 3.71. The summed E-state index contributed by atoms with van der Waals surface area (Å²) in [5.74, 6) is -0.405. The minimum Gasteiger partial charge on any atom is -0.465 e. The summed E-state index contributed by atoms with van der Waals surface area (Å²) in [5.41, 5.74) is 7.64. The number of piperidine rings is 1. The second-order valence-electron chi connectivity index (χ2n) is 6.08. The quantitative estimate of drug-likeness (QED) is 0.672. The lowest BCUT2D eigenvalue weighted by Gasteiger charge is -2.40. The van der Waals surface area contributed by atoms with Gasteiger partial charge in [0.05, 0.1) is 23.4 Å². The van der Waals surface area contributed by atoms with Crippen LogP contribution in [-0.4, -0.2) is 26.2 Å². The number of esters is 1. The number of carbonyl (C=O) groups excluding carboxylic acids is 1. The molecule has 0 amide bonds. The Morgan fingerprint density at radius 2 is 2.15 bits per heavy atom. The van der Waals surface area contributed by atoms with Crippen LogP contribution in [0, 0.1) is 5.41 Å². The van der Waals surface area contributed by atoms with Crippen LogP contribution in [0.5, 0.6) is 0 Å². The van der Waals surface area contributed by atoms with Gasteiger partial charge in [0.25, 0.3) is 0 Å². The summed E-state index contributed by atoms with van der Waals surface area (Å²) in [5, 5.41) is 0.503. The molecule has 0 aromatic heterocycles. The predicted octanol–water partition coefficient (Wildman–Crippen LogP) is 3.34. The Bertz CT molecular complexity index is 529. The zero-order valence-electron chi connectivity index (χ0n) is 12.2. The number of nitrogen functional groups attached to an aromatic ring is 1. The maximum absolute atomic E-state index is 12.0. The van der Waals surface area contributed by atoms with Crippen molar-refractivity contribution in [3.63, 3.8) is 0 Å². The maximum Gasteiger partial charge on any atom is 0.340 e. The lowest BCUT2D eigenvalue weighted by molar-refractivity contribution is 0.0601. The molecule has 2 rings (SSSR count). The minimum absolute atomic E-state index is 0.205. The predicted molar refractivity (Wildman–Crippen MR) is 82.4 cm³/mol. The average Bonchev–Trinajstić information content (AvgIpc) is 2.35. The molecule has 1 aliphatic heterocycles. The van der Waals surface area contributed by atoms with Gasteiger partial charge < -0.3 is 15.4 Å². The number of hydrogen-bond acceptors (Lipinski definition) is 4. The highest BCUT2D eigenvalue weighted by molar-refractivity contribution is 6.34. The van der Waals surface area contributed by atoms with Crippen molar-refractivity contribution in [2.75, 3.05) is 30.8 Å². The molecule has 4 nitrogen and oxygen atoms in total. The topological polar surface area (TPSA) is 55.6 Å². The molecule has 0 saturated carbocycles. The summed E-state index contributed by atoms with van der Waals surface area (Å²) in [6.07, 6.45) is 2.25. The Balaban J connectivity index is 2.47. The molecule has 0 spiro atoms. The third-order valence-corrected chi connectivity index (χ3v) is 4.00. The Hall–Kier alpha value is -1.42. The van der Waals surface area contributed by atoms with Gasteiger partial charge in [-0.25, -0.2) is 4.79 Å². The fourth-order valence-corrected chi connectivity index (χ4v) is 3.17. The molecule has 110 valence electrons. The van der Waals surface area contributed by atoms with Crippen LogP contribution in [0.1, 0.15) is 37.0 Å². The van der Waals surface area contributed by atoms with Gasteiger partial charge in [-0.1, -0.05) is 25.4 Å². The first-order valence-corrected chi connectivity index (χ1v) is 7.14. The summed E-state index contributed by atoms with van der Waals surface area (Å²) in [6.45, 7) is 6.20. The standard InChI is InChI=1S/C15H21ClN2O2/c1-15(2)5-4-6-18(9-15)13-11(14(19)20-3)7-10(17)8-12(13)16/h7-8H,4-6,9,17H2,1-3H3. The lowest BCUT2D eigenvalue weighted by atomic mass is 9.84. The Kier molecular flexibility index (Phi) is 4.14. The summed E-state index contributed by atoms with van der Waals surface area (Å²) >= 11 is 6.33. The lowest BCUT2D eigenvalue weighted by Crippen LogP contribution is -2.41. The molecule has 1 aliphatic rings. The van der Waals surface area contributed by atoms with Crippen LogP contribution in [0.4, 0.5) is 11.4 Å². The molecule has 0 unspecified atom stereocenters. The molecule has 0 atom stereocenters.